The highest BCUT2D eigenvalue weighted by atomic mass is 35.5. The molecular formula is C11H8ClN3O2. The lowest BCUT2D eigenvalue weighted by molar-refractivity contribution is 0.0695. The molecule has 1 N–H and O–H groups in total. The molecule has 0 aromatic carbocycles. The van der Waals surface area contributed by atoms with E-state index in [0.29, 0.717) is 17.8 Å². The normalized spacial score (nSPS) is 13.0. The third-order valence-corrected chi connectivity index (χ3v) is 3.08. The Hall–Kier alpha value is -1.88. The van der Waals surface area contributed by atoms with Crippen molar-refractivity contribution in [2.24, 2.45) is 0 Å². The molecule has 3 heterocycles. The summed E-state index contributed by atoms with van der Waals surface area (Å²) in [6, 6.07) is 1.59. The zero-order chi connectivity index (χ0) is 12.0. The van der Waals surface area contributed by atoms with Crippen LogP contribution in [0.4, 0.5) is 0 Å². The van der Waals surface area contributed by atoms with Crippen LogP contribution in [-0.2, 0) is 12.8 Å². The first kappa shape index (κ1) is 10.3. The first-order valence-corrected chi connectivity index (χ1v) is 5.50. The average molecular weight is 250 g/mol. The molecule has 0 atom stereocenters. The van der Waals surface area contributed by atoms with Gasteiger partial charge in [0.25, 0.3) is 0 Å². The fraction of sp³-hybridized carbons (Fsp3) is 0.182. The van der Waals surface area contributed by atoms with Gasteiger partial charge in [0, 0.05) is 23.7 Å². The molecule has 1 aliphatic heterocycles. The van der Waals surface area contributed by atoms with Gasteiger partial charge < -0.3 is 9.67 Å². The van der Waals surface area contributed by atoms with E-state index in [2.05, 4.69) is 9.97 Å². The van der Waals surface area contributed by atoms with E-state index in [-0.39, 0.29) is 5.28 Å². The molecule has 0 fully saturated rings. The highest BCUT2D eigenvalue weighted by molar-refractivity contribution is 6.28. The third-order valence-electron chi connectivity index (χ3n) is 2.89. The summed E-state index contributed by atoms with van der Waals surface area (Å²) in [7, 11) is 0. The highest BCUT2D eigenvalue weighted by Gasteiger charge is 2.23. The Morgan fingerprint density at radius 1 is 1.47 bits per heavy atom. The molecule has 0 radical (unpaired) electrons. The quantitative estimate of drug-likeness (QED) is 0.782. The summed E-state index contributed by atoms with van der Waals surface area (Å²) in [6.07, 6.45) is 4.80. The van der Waals surface area contributed by atoms with E-state index in [1.54, 1.807) is 23.0 Å². The highest BCUT2D eigenvalue weighted by Crippen LogP contribution is 2.26. The molecule has 0 unspecified atom stereocenters. The van der Waals surface area contributed by atoms with Crippen LogP contribution >= 0.6 is 11.6 Å². The summed E-state index contributed by atoms with van der Waals surface area (Å²) >= 11 is 5.76. The topological polar surface area (TPSA) is 68.0 Å². The van der Waals surface area contributed by atoms with Gasteiger partial charge in [-0.1, -0.05) is 0 Å². The van der Waals surface area contributed by atoms with Gasteiger partial charge in [0.05, 0.1) is 5.56 Å². The standard InChI is InChI=1S/C11H8ClN3O2/c12-11-13-5-6-1-2-8-7(10(16)17)3-4-15(8)9(6)14-11/h3-5H,1-2H2,(H,16,17). The Labute approximate surface area is 102 Å². The summed E-state index contributed by atoms with van der Waals surface area (Å²) in [4.78, 5) is 19.1. The average Bonchev–Trinajstić information content (AvgIpc) is 2.72. The summed E-state index contributed by atoms with van der Waals surface area (Å²) in [5.41, 5.74) is 2.07. The van der Waals surface area contributed by atoms with Crippen molar-refractivity contribution in [2.45, 2.75) is 12.8 Å². The maximum absolute atomic E-state index is 11.0. The summed E-state index contributed by atoms with van der Waals surface area (Å²) in [6.45, 7) is 0. The van der Waals surface area contributed by atoms with E-state index in [1.165, 1.54) is 0 Å². The van der Waals surface area contributed by atoms with Crippen molar-refractivity contribution in [3.63, 3.8) is 0 Å². The molecule has 0 bridgehead atoms. The zero-order valence-corrected chi connectivity index (χ0v) is 9.48. The molecule has 2 aromatic rings. The van der Waals surface area contributed by atoms with E-state index in [9.17, 15) is 4.79 Å². The van der Waals surface area contributed by atoms with E-state index in [1.807, 2.05) is 0 Å². The number of nitrogens with zero attached hydrogens (tertiary/aromatic N) is 3. The van der Waals surface area contributed by atoms with E-state index in [0.717, 1.165) is 17.7 Å². The molecule has 86 valence electrons. The van der Waals surface area contributed by atoms with Gasteiger partial charge in [-0.2, -0.15) is 4.98 Å². The van der Waals surface area contributed by atoms with Crippen molar-refractivity contribution in [2.75, 3.05) is 0 Å². The van der Waals surface area contributed by atoms with Gasteiger partial charge in [0.15, 0.2) is 0 Å². The second-order valence-corrected chi connectivity index (χ2v) is 4.18. The van der Waals surface area contributed by atoms with Crippen LogP contribution in [0.15, 0.2) is 18.5 Å². The number of hydrogen-bond donors (Lipinski definition) is 1. The van der Waals surface area contributed by atoms with Gasteiger partial charge >= 0.3 is 5.97 Å². The number of carboxylic acids is 1. The lowest BCUT2D eigenvalue weighted by atomic mass is 10.0. The largest absolute Gasteiger partial charge is 0.478 e. The van der Waals surface area contributed by atoms with E-state index < -0.39 is 5.97 Å². The Bertz CT molecular complexity index is 621. The van der Waals surface area contributed by atoms with Crippen molar-refractivity contribution < 1.29 is 9.90 Å². The van der Waals surface area contributed by atoms with Gasteiger partial charge in [-0.25, -0.2) is 9.78 Å². The van der Waals surface area contributed by atoms with Crippen LogP contribution in [0.3, 0.4) is 0 Å². The molecule has 5 nitrogen and oxygen atoms in total. The third kappa shape index (κ3) is 1.51. The number of fused-ring (bicyclic) bond motifs is 3. The number of rotatable bonds is 1. The number of aryl methyl sites for hydroxylation is 1. The Morgan fingerprint density at radius 3 is 3.06 bits per heavy atom. The first-order chi connectivity index (χ1) is 8.16. The fourth-order valence-corrected chi connectivity index (χ4v) is 2.26. The molecule has 0 saturated heterocycles. The molecular weight excluding hydrogens is 242 g/mol. The molecule has 0 spiro atoms. The lowest BCUT2D eigenvalue weighted by Gasteiger charge is -2.18. The predicted molar refractivity (Wildman–Crippen MR) is 60.7 cm³/mol. The van der Waals surface area contributed by atoms with Gasteiger partial charge in [0.2, 0.25) is 5.28 Å². The molecule has 0 saturated carbocycles. The second-order valence-electron chi connectivity index (χ2n) is 3.84. The van der Waals surface area contributed by atoms with Crippen LogP contribution in [0.25, 0.3) is 5.82 Å². The van der Waals surface area contributed by atoms with Crippen molar-refractivity contribution in [1.29, 1.82) is 0 Å². The SMILES string of the molecule is O=C(O)c1ccn2c1CCc1cnc(Cl)nc1-2. The minimum absolute atomic E-state index is 0.169. The Balaban J connectivity index is 2.23. The lowest BCUT2D eigenvalue weighted by Crippen LogP contribution is -2.15. The van der Waals surface area contributed by atoms with E-state index in [4.69, 9.17) is 16.7 Å². The number of carboxylic acid groups (broad SMARTS) is 1. The predicted octanol–water partition coefficient (Wildman–Crippen LogP) is 1.72. The van der Waals surface area contributed by atoms with Crippen LogP contribution in [0.5, 0.6) is 0 Å². The molecule has 0 amide bonds. The fourth-order valence-electron chi connectivity index (χ4n) is 2.13. The van der Waals surface area contributed by atoms with Gasteiger partial charge in [0.1, 0.15) is 5.82 Å². The van der Waals surface area contributed by atoms with Crippen molar-refractivity contribution in [3.05, 3.63) is 40.6 Å². The van der Waals surface area contributed by atoms with Crippen LogP contribution in [0, 0.1) is 0 Å². The van der Waals surface area contributed by atoms with Crippen LogP contribution in [-0.4, -0.2) is 25.6 Å². The van der Waals surface area contributed by atoms with Crippen LogP contribution in [0.2, 0.25) is 5.28 Å². The Kier molecular flexibility index (Phi) is 2.16. The summed E-state index contributed by atoms with van der Waals surface area (Å²) < 4.78 is 1.77. The van der Waals surface area contributed by atoms with Crippen LogP contribution < -0.4 is 0 Å². The van der Waals surface area contributed by atoms with Crippen molar-refractivity contribution >= 4 is 17.6 Å². The molecule has 3 rings (SSSR count). The molecule has 0 aliphatic carbocycles. The second kappa shape index (κ2) is 3.56. The maximum Gasteiger partial charge on any atom is 0.337 e. The monoisotopic (exact) mass is 249 g/mol. The summed E-state index contributed by atoms with van der Waals surface area (Å²) in [5.74, 6) is -0.235. The van der Waals surface area contributed by atoms with Gasteiger partial charge in [-0.05, 0) is 30.5 Å². The van der Waals surface area contributed by atoms with Crippen molar-refractivity contribution in [1.82, 2.24) is 14.5 Å². The summed E-state index contributed by atoms with van der Waals surface area (Å²) in [5, 5.41) is 9.23. The Morgan fingerprint density at radius 2 is 2.29 bits per heavy atom. The minimum atomic E-state index is -0.914. The van der Waals surface area contributed by atoms with Gasteiger partial charge in [-0.3, -0.25) is 0 Å². The maximum atomic E-state index is 11.0. The molecule has 17 heavy (non-hydrogen) atoms. The van der Waals surface area contributed by atoms with Gasteiger partial charge in [-0.15, -0.1) is 0 Å². The smallest absolute Gasteiger partial charge is 0.337 e. The number of halogens is 1. The minimum Gasteiger partial charge on any atom is -0.478 e. The number of aromatic nitrogens is 3. The molecule has 6 heteroatoms. The van der Waals surface area contributed by atoms with Crippen LogP contribution in [0.1, 0.15) is 21.6 Å². The van der Waals surface area contributed by atoms with Crippen molar-refractivity contribution in [3.8, 4) is 5.82 Å². The number of carbonyl (C=O) groups is 1. The first-order valence-electron chi connectivity index (χ1n) is 5.12. The molecule has 1 aliphatic rings. The molecule has 2 aromatic heterocycles. The zero-order valence-electron chi connectivity index (χ0n) is 8.72. The number of hydrogen-bond acceptors (Lipinski definition) is 3. The van der Waals surface area contributed by atoms with E-state index >= 15 is 0 Å². The number of aromatic carboxylic acids is 1.